The van der Waals surface area contributed by atoms with Gasteiger partial charge in [0.15, 0.2) is 0 Å². The lowest BCUT2D eigenvalue weighted by atomic mass is 10.2. The molecule has 0 unspecified atom stereocenters. The largest absolute Gasteiger partial charge is 0.373 e. The summed E-state index contributed by atoms with van der Waals surface area (Å²) < 4.78 is 1.82. The van der Waals surface area contributed by atoms with Crippen LogP contribution in [0.5, 0.6) is 0 Å². The first kappa shape index (κ1) is 14.3. The summed E-state index contributed by atoms with van der Waals surface area (Å²) in [5.41, 5.74) is 0.421. The molecule has 0 atom stereocenters. The molecular weight excluding hydrogens is 278 g/mol. The zero-order valence-electron chi connectivity index (χ0n) is 11.1. The van der Waals surface area contributed by atoms with Gasteiger partial charge in [0.2, 0.25) is 0 Å². The molecule has 0 bridgehead atoms. The van der Waals surface area contributed by atoms with Crippen LogP contribution in [0, 0.1) is 0 Å². The monoisotopic (exact) mass is 293 g/mol. The average Bonchev–Trinajstić information content (AvgIpc) is 2.97. The van der Waals surface area contributed by atoms with Crippen molar-refractivity contribution in [2.24, 2.45) is 0 Å². The second-order valence-electron chi connectivity index (χ2n) is 4.18. The molecule has 0 fully saturated rings. The van der Waals surface area contributed by atoms with Crippen molar-refractivity contribution >= 4 is 23.3 Å². The second kappa shape index (κ2) is 6.91. The number of rotatable bonds is 6. The number of aromatic nitrogens is 3. The molecule has 6 nitrogen and oxygen atoms in total. The molecule has 7 heteroatoms. The van der Waals surface area contributed by atoms with Crippen molar-refractivity contribution in [3.63, 3.8) is 0 Å². The molecule has 0 aliphatic rings. The average molecular weight is 294 g/mol. The van der Waals surface area contributed by atoms with Crippen LogP contribution in [-0.2, 0) is 6.54 Å². The maximum absolute atomic E-state index is 12.0. The molecular formula is C13H16ClN5O. The van der Waals surface area contributed by atoms with Crippen LogP contribution in [0.3, 0.4) is 0 Å². The second-order valence-corrected chi connectivity index (χ2v) is 4.59. The maximum Gasteiger partial charge on any atom is 0.252 e. The maximum atomic E-state index is 12.0. The molecule has 1 amide bonds. The Hall–Kier alpha value is -2.08. The minimum absolute atomic E-state index is 0.200. The van der Waals surface area contributed by atoms with E-state index in [0.29, 0.717) is 22.9 Å². The van der Waals surface area contributed by atoms with Gasteiger partial charge in [-0.2, -0.15) is 5.10 Å². The Morgan fingerprint density at radius 2 is 2.35 bits per heavy atom. The van der Waals surface area contributed by atoms with Crippen molar-refractivity contribution in [1.82, 2.24) is 20.1 Å². The van der Waals surface area contributed by atoms with E-state index in [0.717, 1.165) is 13.0 Å². The van der Waals surface area contributed by atoms with E-state index >= 15 is 0 Å². The van der Waals surface area contributed by atoms with Gasteiger partial charge in [0.1, 0.15) is 5.82 Å². The van der Waals surface area contributed by atoms with E-state index in [2.05, 4.69) is 20.7 Å². The van der Waals surface area contributed by atoms with Crippen molar-refractivity contribution in [3.8, 4) is 0 Å². The minimum Gasteiger partial charge on any atom is -0.373 e. The van der Waals surface area contributed by atoms with Gasteiger partial charge in [-0.05, 0) is 18.6 Å². The number of halogens is 1. The molecule has 0 aliphatic heterocycles. The van der Waals surface area contributed by atoms with Crippen LogP contribution in [0.4, 0.5) is 5.82 Å². The highest BCUT2D eigenvalue weighted by atomic mass is 35.5. The zero-order chi connectivity index (χ0) is 14.4. The molecule has 106 valence electrons. The number of aryl methyl sites for hydroxylation is 1. The Kier molecular flexibility index (Phi) is 4.95. The Balaban J connectivity index is 1.85. The number of amides is 1. The van der Waals surface area contributed by atoms with Crippen molar-refractivity contribution in [2.45, 2.75) is 13.0 Å². The van der Waals surface area contributed by atoms with E-state index < -0.39 is 0 Å². The summed E-state index contributed by atoms with van der Waals surface area (Å²) in [7, 11) is 1.74. The first-order chi connectivity index (χ1) is 9.70. The van der Waals surface area contributed by atoms with Crippen LogP contribution in [0.25, 0.3) is 0 Å². The summed E-state index contributed by atoms with van der Waals surface area (Å²) in [6, 6.07) is 3.50. The number of hydrogen-bond acceptors (Lipinski definition) is 4. The third-order valence-corrected chi connectivity index (χ3v) is 3.07. The lowest BCUT2D eigenvalue weighted by Gasteiger charge is -2.08. The standard InChI is InChI=1S/C13H16ClN5O/c1-15-12-8-10(11(14)9-17-12)13(20)16-4-2-6-19-7-3-5-18-19/h3,5,7-9H,2,4,6H2,1H3,(H,15,17)(H,16,20). The third-order valence-electron chi connectivity index (χ3n) is 2.76. The predicted molar refractivity (Wildman–Crippen MR) is 78.0 cm³/mol. The van der Waals surface area contributed by atoms with Gasteiger partial charge in [0, 0.05) is 38.7 Å². The number of nitrogens with zero attached hydrogens (tertiary/aromatic N) is 3. The topological polar surface area (TPSA) is 71.8 Å². The number of anilines is 1. The quantitative estimate of drug-likeness (QED) is 0.797. The number of carbonyl (C=O) groups excluding carboxylic acids is 1. The number of hydrogen-bond donors (Lipinski definition) is 2. The van der Waals surface area contributed by atoms with Crippen molar-refractivity contribution in [1.29, 1.82) is 0 Å². The fourth-order valence-corrected chi connectivity index (χ4v) is 1.91. The molecule has 2 heterocycles. The molecule has 0 spiro atoms. The fourth-order valence-electron chi connectivity index (χ4n) is 1.72. The van der Waals surface area contributed by atoms with Gasteiger partial charge in [-0.15, -0.1) is 0 Å². The van der Waals surface area contributed by atoms with Gasteiger partial charge in [0.25, 0.3) is 5.91 Å². The number of pyridine rings is 1. The van der Waals surface area contributed by atoms with Crippen molar-refractivity contribution in [2.75, 3.05) is 18.9 Å². The molecule has 0 aromatic carbocycles. The lowest BCUT2D eigenvalue weighted by molar-refractivity contribution is 0.0952. The highest BCUT2D eigenvalue weighted by Gasteiger charge is 2.11. The summed E-state index contributed by atoms with van der Waals surface area (Å²) in [4.78, 5) is 16.1. The molecule has 0 radical (unpaired) electrons. The number of carbonyl (C=O) groups is 1. The summed E-state index contributed by atoms with van der Waals surface area (Å²) >= 11 is 5.98. The molecule has 0 saturated carbocycles. The Bertz CT molecular complexity index is 570. The van der Waals surface area contributed by atoms with E-state index in [-0.39, 0.29) is 5.91 Å². The van der Waals surface area contributed by atoms with Gasteiger partial charge in [0.05, 0.1) is 10.6 Å². The third kappa shape index (κ3) is 3.71. The Morgan fingerprint density at radius 3 is 3.05 bits per heavy atom. The summed E-state index contributed by atoms with van der Waals surface area (Å²) in [5.74, 6) is 0.408. The Labute approximate surface area is 122 Å². The van der Waals surface area contributed by atoms with Crippen molar-refractivity contribution < 1.29 is 4.79 Å². The van der Waals surface area contributed by atoms with Gasteiger partial charge < -0.3 is 10.6 Å². The molecule has 2 aromatic heterocycles. The van der Waals surface area contributed by atoms with E-state index in [1.165, 1.54) is 6.20 Å². The summed E-state index contributed by atoms with van der Waals surface area (Å²) in [6.07, 6.45) is 5.89. The first-order valence-electron chi connectivity index (χ1n) is 6.29. The normalized spacial score (nSPS) is 10.3. The lowest BCUT2D eigenvalue weighted by Crippen LogP contribution is -2.25. The van der Waals surface area contributed by atoms with E-state index in [9.17, 15) is 4.79 Å². The highest BCUT2D eigenvalue weighted by molar-refractivity contribution is 6.33. The number of nitrogens with one attached hydrogen (secondary N) is 2. The van der Waals surface area contributed by atoms with Crippen LogP contribution in [0.15, 0.2) is 30.7 Å². The summed E-state index contributed by atoms with van der Waals surface area (Å²) in [6.45, 7) is 1.32. The fraction of sp³-hybridized carbons (Fsp3) is 0.308. The van der Waals surface area contributed by atoms with Crippen LogP contribution in [0.1, 0.15) is 16.8 Å². The smallest absolute Gasteiger partial charge is 0.252 e. The van der Waals surface area contributed by atoms with Crippen LogP contribution < -0.4 is 10.6 Å². The summed E-state index contributed by atoms with van der Waals surface area (Å²) in [5, 5.41) is 10.1. The van der Waals surface area contributed by atoms with Gasteiger partial charge in [-0.3, -0.25) is 9.48 Å². The molecule has 2 N–H and O–H groups in total. The van der Waals surface area contributed by atoms with E-state index in [1.54, 1.807) is 19.3 Å². The van der Waals surface area contributed by atoms with Gasteiger partial charge in [-0.1, -0.05) is 11.6 Å². The van der Waals surface area contributed by atoms with Crippen LogP contribution in [0.2, 0.25) is 5.02 Å². The van der Waals surface area contributed by atoms with Crippen LogP contribution >= 0.6 is 11.6 Å². The SMILES string of the molecule is CNc1cc(C(=O)NCCCn2cccn2)c(Cl)cn1. The molecule has 0 aliphatic carbocycles. The Morgan fingerprint density at radius 1 is 1.50 bits per heavy atom. The highest BCUT2D eigenvalue weighted by Crippen LogP contribution is 2.17. The molecule has 0 saturated heterocycles. The zero-order valence-corrected chi connectivity index (χ0v) is 11.9. The first-order valence-corrected chi connectivity index (χ1v) is 6.67. The molecule has 2 rings (SSSR count). The van der Waals surface area contributed by atoms with E-state index in [4.69, 9.17) is 11.6 Å². The van der Waals surface area contributed by atoms with Gasteiger partial charge in [-0.25, -0.2) is 4.98 Å². The van der Waals surface area contributed by atoms with Gasteiger partial charge >= 0.3 is 0 Å². The van der Waals surface area contributed by atoms with E-state index in [1.807, 2.05) is 16.9 Å². The molecule has 20 heavy (non-hydrogen) atoms. The minimum atomic E-state index is -0.200. The predicted octanol–water partition coefficient (Wildman–Crippen LogP) is 1.79. The van der Waals surface area contributed by atoms with Crippen LogP contribution in [-0.4, -0.2) is 34.3 Å². The van der Waals surface area contributed by atoms with Crippen molar-refractivity contribution in [3.05, 3.63) is 41.3 Å². The molecule has 2 aromatic rings.